The number of para-hydroxylation sites is 1. The van der Waals surface area contributed by atoms with Gasteiger partial charge < -0.3 is 16.0 Å². The molecule has 5 unspecified atom stereocenters. The molecule has 1 aromatic rings. The van der Waals surface area contributed by atoms with Gasteiger partial charge in [-0.3, -0.25) is 14.5 Å². The molecule has 1 saturated heterocycles. The van der Waals surface area contributed by atoms with Gasteiger partial charge in [0.2, 0.25) is 5.91 Å². The predicted octanol–water partition coefficient (Wildman–Crippen LogP) is 3.36. The monoisotopic (exact) mass is 424 g/mol. The molecule has 2 aliphatic heterocycles. The van der Waals surface area contributed by atoms with Crippen LogP contribution in [-0.4, -0.2) is 48.1 Å². The van der Waals surface area contributed by atoms with Gasteiger partial charge in [-0.05, 0) is 69.5 Å². The van der Waals surface area contributed by atoms with Crippen molar-refractivity contribution in [1.29, 1.82) is 0 Å². The Morgan fingerprint density at radius 2 is 2.06 bits per heavy atom. The highest BCUT2D eigenvalue weighted by Crippen LogP contribution is 2.58. The third-order valence-electron chi connectivity index (χ3n) is 8.63. The van der Waals surface area contributed by atoms with E-state index < -0.39 is 5.66 Å². The normalized spacial score (nSPS) is 37.1. The first-order valence-corrected chi connectivity index (χ1v) is 12.1. The first kappa shape index (κ1) is 20.8. The minimum absolute atomic E-state index is 0.00199. The predicted molar refractivity (Wildman–Crippen MR) is 122 cm³/mol. The van der Waals surface area contributed by atoms with Crippen molar-refractivity contribution in [2.75, 3.05) is 25.0 Å². The number of hydrogen-bond donors (Lipinski definition) is 3. The molecule has 0 aromatic heterocycles. The smallest absolute Gasteiger partial charge is 0.255 e. The molecule has 3 N–H and O–H groups in total. The Hall–Kier alpha value is -2.08. The molecule has 2 bridgehead atoms. The van der Waals surface area contributed by atoms with Crippen LogP contribution in [0.3, 0.4) is 0 Å². The van der Waals surface area contributed by atoms with Crippen LogP contribution in [0, 0.1) is 17.3 Å². The molecule has 6 nitrogen and oxygen atoms in total. The van der Waals surface area contributed by atoms with Gasteiger partial charge in [0.1, 0.15) is 5.66 Å². The molecular weight excluding hydrogens is 388 g/mol. The summed E-state index contributed by atoms with van der Waals surface area (Å²) in [5.41, 5.74) is 1.09. The van der Waals surface area contributed by atoms with Crippen LogP contribution in [0.5, 0.6) is 0 Å². The molecule has 3 saturated carbocycles. The quantitative estimate of drug-likeness (QED) is 0.693. The summed E-state index contributed by atoms with van der Waals surface area (Å²) in [6.07, 6.45) is 7.57. The number of carbonyl (C=O) groups is 2. The van der Waals surface area contributed by atoms with Gasteiger partial charge in [0.05, 0.1) is 5.56 Å². The Balaban J connectivity index is 1.25. The minimum Gasteiger partial charge on any atom is -0.362 e. The number of carbonyl (C=O) groups excluding carboxylic acids is 2. The number of rotatable bonds is 4. The molecule has 2 heterocycles. The van der Waals surface area contributed by atoms with Gasteiger partial charge in [-0.25, -0.2) is 0 Å². The molecule has 31 heavy (non-hydrogen) atoms. The lowest BCUT2D eigenvalue weighted by molar-refractivity contribution is -0.139. The van der Waals surface area contributed by atoms with Crippen LogP contribution < -0.4 is 16.0 Å². The average Bonchev–Trinajstić information content (AvgIpc) is 2.74. The van der Waals surface area contributed by atoms with E-state index in [2.05, 4.69) is 34.7 Å². The Kier molecular flexibility index (Phi) is 5.24. The van der Waals surface area contributed by atoms with E-state index in [4.69, 9.17) is 0 Å². The Morgan fingerprint density at radius 1 is 1.23 bits per heavy atom. The maximum absolute atomic E-state index is 13.2. The second kappa shape index (κ2) is 7.80. The summed E-state index contributed by atoms with van der Waals surface area (Å²) in [6, 6.07) is 8.36. The van der Waals surface area contributed by atoms with Crippen LogP contribution in [0.2, 0.25) is 0 Å². The lowest BCUT2D eigenvalue weighted by Gasteiger charge is -2.60. The van der Waals surface area contributed by atoms with E-state index in [0.717, 1.165) is 51.0 Å². The summed E-state index contributed by atoms with van der Waals surface area (Å²) in [7, 11) is 0. The van der Waals surface area contributed by atoms with Crippen molar-refractivity contribution in [1.82, 2.24) is 15.5 Å². The fourth-order valence-electron chi connectivity index (χ4n) is 6.79. The third-order valence-corrected chi connectivity index (χ3v) is 8.63. The van der Waals surface area contributed by atoms with Gasteiger partial charge in [0.25, 0.3) is 5.91 Å². The summed E-state index contributed by atoms with van der Waals surface area (Å²) in [6.45, 7) is 7.36. The molecule has 1 aromatic carbocycles. The first-order valence-electron chi connectivity index (χ1n) is 12.1. The first-order chi connectivity index (χ1) is 14.9. The van der Waals surface area contributed by atoms with E-state index >= 15 is 0 Å². The third kappa shape index (κ3) is 3.63. The number of likely N-dealkylation sites (tertiary alicyclic amines) is 1. The SMILES string of the molecule is CC1CCCCN1CCNC(=O)C1CC2CCC1(C)CC21NC(=O)c2ccccc2N1. The fourth-order valence-corrected chi connectivity index (χ4v) is 6.79. The molecule has 1 spiro atoms. The van der Waals surface area contributed by atoms with Crippen molar-refractivity contribution in [3.05, 3.63) is 29.8 Å². The van der Waals surface area contributed by atoms with Gasteiger partial charge in [-0.15, -0.1) is 0 Å². The summed E-state index contributed by atoms with van der Waals surface area (Å²) in [4.78, 5) is 28.6. The highest BCUT2D eigenvalue weighted by atomic mass is 16.2. The number of piperidine rings is 1. The van der Waals surface area contributed by atoms with Crippen LogP contribution in [0.15, 0.2) is 24.3 Å². The molecule has 5 aliphatic rings. The summed E-state index contributed by atoms with van der Waals surface area (Å²) >= 11 is 0. The van der Waals surface area contributed by atoms with Gasteiger partial charge in [-0.2, -0.15) is 0 Å². The highest BCUT2D eigenvalue weighted by Gasteiger charge is 2.60. The maximum atomic E-state index is 13.2. The Morgan fingerprint density at radius 3 is 2.87 bits per heavy atom. The number of fused-ring (bicyclic) bond motifs is 3. The molecule has 0 radical (unpaired) electrons. The maximum Gasteiger partial charge on any atom is 0.255 e. The van der Waals surface area contributed by atoms with Gasteiger partial charge in [0, 0.05) is 36.7 Å². The zero-order valence-corrected chi connectivity index (χ0v) is 18.9. The second-order valence-corrected chi connectivity index (χ2v) is 10.6. The van der Waals surface area contributed by atoms with Crippen LogP contribution in [0.1, 0.15) is 69.2 Å². The lowest BCUT2D eigenvalue weighted by Crippen LogP contribution is -2.70. The van der Waals surface area contributed by atoms with E-state index in [-0.39, 0.29) is 29.1 Å². The molecule has 3 aliphatic carbocycles. The van der Waals surface area contributed by atoms with E-state index in [1.54, 1.807) is 0 Å². The fraction of sp³-hybridized carbons (Fsp3) is 0.680. The van der Waals surface area contributed by atoms with Gasteiger partial charge in [-0.1, -0.05) is 25.5 Å². The van der Waals surface area contributed by atoms with Crippen molar-refractivity contribution in [2.45, 2.75) is 70.5 Å². The van der Waals surface area contributed by atoms with Crippen LogP contribution in [-0.2, 0) is 4.79 Å². The van der Waals surface area contributed by atoms with E-state index in [1.165, 1.54) is 19.3 Å². The van der Waals surface area contributed by atoms with Gasteiger partial charge in [0.15, 0.2) is 0 Å². The zero-order chi connectivity index (χ0) is 21.6. The van der Waals surface area contributed by atoms with E-state index in [9.17, 15) is 9.59 Å². The largest absolute Gasteiger partial charge is 0.362 e. The van der Waals surface area contributed by atoms with Crippen LogP contribution in [0.25, 0.3) is 0 Å². The number of benzene rings is 1. The zero-order valence-electron chi connectivity index (χ0n) is 18.9. The summed E-state index contributed by atoms with van der Waals surface area (Å²) in [5.74, 6) is 0.493. The molecule has 168 valence electrons. The van der Waals surface area contributed by atoms with Crippen molar-refractivity contribution in [3.8, 4) is 0 Å². The lowest BCUT2D eigenvalue weighted by atomic mass is 9.51. The summed E-state index contributed by atoms with van der Waals surface area (Å²) in [5, 5.41) is 10.2. The Labute approximate surface area is 185 Å². The van der Waals surface area contributed by atoms with Crippen molar-refractivity contribution >= 4 is 17.5 Å². The molecular formula is C25H36N4O2. The molecule has 6 rings (SSSR count). The molecule has 6 heteroatoms. The number of nitrogens with zero attached hydrogens (tertiary/aromatic N) is 1. The van der Waals surface area contributed by atoms with Crippen LogP contribution in [0.4, 0.5) is 5.69 Å². The number of anilines is 1. The molecule has 4 fully saturated rings. The second-order valence-electron chi connectivity index (χ2n) is 10.6. The van der Waals surface area contributed by atoms with Crippen molar-refractivity contribution in [3.63, 3.8) is 0 Å². The number of amides is 2. The minimum atomic E-state index is -0.432. The molecule has 2 amide bonds. The van der Waals surface area contributed by atoms with Crippen molar-refractivity contribution in [2.24, 2.45) is 17.3 Å². The summed E-state index contributed by atoms with van der Waals surface area (Å²) < 4.78 is 0. The number of hydrogen-bond acceptors (Lipinski definition) is 4. The van der Waals surface area contributed by atoms with Crippen LogP contribution >= 0.6 is 0 Å². The standard InChI is InChI=1S/C25H36N4O2/c1-17-7-5-6-13-29(17)14-12-26-23(31)20-15-18-10-11-24(20,2)16-25(18)27-21-9-4-3-8-19(21)22(30)28-25/h3-4,8-9,17-18,20,27H,5-7,10-16H2,1-2H3,(H,26,31)(H,28,30). The van der Waals surface area contributed by atoms with Gasteiger partial charge >= 0.3 is 0 Å². The van der Waals surface area contributed by atoms with E-state index in [0.29, 0.717) is 11.6 Å². The highest BCUT2D eigenvalue weighted by molar-refractivity contribution is 6.02. The molecule has 5 atom stereocenters. The van der Waals surface area contributed by atoms with E-state index in [1.807, 2.05) is 24.3 Å². The average molecular weight is 425 g/mol. The Bertz CT molecular complexity index is 873. The van der Waals surface area contributed by atoms with Crippen molar-refractivity contribution < 1.29 is 9.59 Å². The number of nitrogens with one attached hydrogen (secondary N) is 3. The topological polar surface area (TPSA) is 73.5 Å².